The van der Waals surface area contributed by atoms with E-state index in [-0.39, 0.29) is 36.5 Å². The van der Waals surface area contributed by atoms with Crippen LogP contribution < -0.4 is 0 Å². The predicted octanol–water partition coefficient (Wildman–Crippen LogP) is 1.75. The molecule has 4 nitrogen and oxygen atoms in total. The zero-order chi connectivity index (χ0) is 15.5. The fraction of sp³-hybridized carbons (Fsp3) is 0.875. The third-order valence-electron chi connectivity index (χ3n) is 5.77. The fourth-order valence-electron chi connectivity index (χ4n) is 4.18. The van der Waals surface area contributed by atoms with E-state index in [1.54, 1.807) is 4.90 Å². The van der Waals surface area contributed by atoms with Crippen LogP contribution in [0.4, 0.5) is 8.78 Å². The highest BCUT2D eigenvalue weighted by Crippen LogP contribution is 2.44. The van der Waals surface area contributed by atoms with Gasteiger partial charge in [0.1, 0.15) is 0 Å². The summed E-state index contributed by atoms with van der Waals surface area (Å²) in [5.41, 5.74) is 0. The molecule has 2 amide bonds. The van der Waals surface area contributed by atoms with Crippen molar-refractivity contribution in [1.29, 1.82) is 0 Å². The highest BCUT2D eigenvalue weighted by atomic mass is 19.3. The third kappa shape index (κ3) is 2.50. The minimum absolute atomic E-state index is 0.1000. The number of carbonyl (C=O) groups is 2. The van der Waals surface area contributed by atoms with Gasteiger partial charge in [-0.3, -0.25) is 9.59 Å². The Balaban J connectivity index is 1.37. The number of piperidine rings is 1. The maximum absolute atomic E-state index is 12.9. The standard InChI is InChI=1S/C16H22F2N2O2/c17-16(18)5-12(6-16)14(21)20-8-11-3-4-19(7-10-1-2-10)15(22)13(11)9-20/h10-13H,1-9H2. The summed E-state index contributed by atoms with van der Waals surface area (Å²) >= 11 is 0. The Hall–Kier alpha value is -1.20. The van der Waals surface area contributed by atoms with E-state index in [0.717, 1.165) is 19.5 Å². The van der Waals surface area contributed by atoms with E-state index in [1.165, 1.54) is 12.8 Å². The molecule has 4 fully saturated rings. The number of nitrogens with zero attached hydrogens (tertiary/aromatic N) is 2. The molecule has 0 bridgehead atoms. The Morgan fingerprint density at radius 2 is 1.91 bits per heavy atom. The molecule has 0 spiro atoms. The van der Waals surface area contributed by atoms with Crippen LogP contribution in [0.2, 0.25) is 0 Å². The van der Waals surface area contributed by atoms with Crippen LogP contribution in [-0.2, 0) is 9.59 Å². The van der Waals surface area contributed by atoms with Gasteiger partial charge in [-0.2, -0.15) is 0 Å². The average Bonchev–Trinajstić information content (AvgIpc) is 3.14. The number of hydrogen-bond donors (Lipinski definition) is 0. The number of halogens is 2. The molecule has 2 aliphatic carbocycles. The van der Waals surface area contributed by atoms with Crippen molar-refractivity contribution in [1.82, 2.24) is 9.80 Å². The molecule has 2 heterocycles. The van der Waals surface area contributed by atoms with E-state index >= 15 is 0 Å². The Kier molecular flexibility index (Phi) is 3.20. The van der Waals surface area contributed by atoms with Crippen LogP contribution in [0.1, 0.15) is 32.1 Å². The largest absolute Gasteiger partial charge is 0.342 e. The van der Waals surface area contributed by atoms with Crippen LogP contribution in [0.3, 0.4) is 0 Å². The molecular weight excluding hydrogens is 290 g/mol. The second-order valence-corrected chi connectivity index (χ2v) is 7.59. The third-order valence-corrected chi connectivity index (χ3v) is 5.77. The molecule has 2 saturated heterocycles. The van der Waals surface area contributed by atoms with Crippen LogP contribution in [0, 0.1) is 23.7 Å². The van der Waals surface area contributed by atoms with Crippen molar-refractivity contribution in [3.05, 3.63) is 0 Å². The molecule has 0 aromatic rings. The highest BCUT2D eigenvalue weighted by Gasteiger charge is 2.52. The van der Waals surface area contributed by atoms with Crippen LogP contribution in [0.15, 0.2) is 0 Å². The van der Waals surface area contributed by atoms with Gasteiger partial charge in [0.15, 0.2) is 0 Å². The topological polar surface area (TPSA) is 40.6 Å². The summed E-state index contributed by atoms with van der Waals surface area (Å²) in [6, 6.07) is 0. The van der Waals surface area contributed by atoms with Gasteiger partial charge in [-0.15, -0.1) is 0 Å². The fourth-order valence-corrected chi connectivity index (χ4v) is 4.18. The first-order valence-electron chi connectivity index (χ1n) is 8.38. The molecule has 0 aromatic carbocycles. The quantitative estimate of drug-likeness (QED) is 0.796. The summed E-state index contributed by atoms with van der Waals surface area (Å²) in [6.07, 6.45) is 2.74. The van der Waals surface area contributed by atoms with Crippen LogP contribution in [0.5, 0.6) is 0 Å². The molecule has 0 N–H and O–H groups in total. The van der Waals surface area contributed by atoms with Crippen molar-refractivity contribution in [2.45, 2.75) is 38.0 Å². The number of hydrogen-bond acceptors (Lipinski definition) is 2. The Bertz CT molecular complexity index is 498. The molecule has 0 radical (unpaired) electrons. The number of rotatable bonds is 3. The minimum atomic E-state index is -2.66. The highest BCUT2D eigenvalue weighted by molar-refractivity contribution is 5.84. The lowest BCUT2D eigenvalue weighted by Gasteiger charge is -2.36. The maximum atomic E-state index is 12.9. The number of likely N-dealkylation sites (tertiary alicyclic amines) is 2. The lowest BCUT2D eigenvalue weighted by atomic mass is 9.80. The first-order valence-corrected chi connectivity index (χ1v) is 8.38. The first kappa shape index (κ1) is 14.4. The molecule has 4 rings (SSSR count). The first-order chi connectivity index (χ1) is 10.4. The van der Waals surface area contributed by atoms with Gasteiger partial charge in [0.2, 0.25) is 17.7 Å². The lowest BCUT2D eigenvalue weighted by Crippen LogP contribution is -2.47. The normalized spacial score (nSPS) is 34.5. The zero-order valence-electron chi connectivity index (χ0n) is 12.6. The molecule has 2 saturated carbocycles. The number of alkyl halides is 2. The van der Waals surface area contributed by atoms with Crippen molar-refractivity contribution in [3.63, 3.8) is 0 Å². The molecule has 6 heteroatoms. The van der Waals surface area contributed by atoms with Gasteiger partial charge in [-0.1, -0.05) is 0 Å². The number of amides is 2. The Morgan fingerprint density at radius 3 is 2.55 bits per heavy atom. The van der Waals surface area contributed by atoms with Crippen molar-refractivity contribution < 1.29 is 18.4 Å². The summed E-state index contributed by atoms with van der Waals surface area (Å²) < 4.78 is 25.9. The molecule has 4 aliphatic rings. The summed E-state index contributed by atoms with van der Waals surface area (Å²) in [4.78, 5) is 28.5. The second-order valence-electron chi connectivity index (χ2n) is 7.59. The smallest absolute Gasteiger partial charge is 0.249 e. The van der Waals surface area contributed by atoms with Crippen molar-refractivity contribution in [2.24, 2.45) is 23.7 Å². The molecule has 2 atom stereocenters. The maximum Gasteiger partial charge on any atom is 0.249 e. The lowest BCUT2D eigenvalue weighted by molar-refractivity contribution is -0.159. The van der Waals surface area contributed by atoms with Gasteiger partial charge in [0.05, 0.1) is 5.92 Å². The Labute approximate surface area is 128 Å². The number of carbonyl (C=O) groups excluding carboxylic acids is 2. The van der Waals surface area contributed by atoms with Crippen molar-refractivity contribution in [3.8, 4) is 0 Å². The van der Waals surface area contributed by atoms with Gasteiger partial charge < -0.3 is 9.80 Å². The summed E-state index contributed by atoms with van der Waals surface area (Å²) in [6.45, 7) is 2.67. The van der Waals surface area contributed by atoms with E-state index in [1.807, 2.05) is 4.90 Å². The second kappa shape index (κ2) is 4.90. The SMILES string of the molecule is O=C(C1CC(F)(F)C1)N1CC2CCN(CC3CC3)C(=O)C2C1. The van der Waals surface area contributed by atoms with E-state index < -0.39 is 11.8 Å². The molecule has 22 heavy (non-hydrogen) atoms. The van der Waals surface area contributed by atoms with Crippen molar-refractivity contribution >= 4 is 11.8 Å². The van der Waals surface area contributed by atoms with E-state index in [9.17, 15) is 18.4 Å². The molecule has 122 valence electrons. The molecule has 2 aliphatic heterocycles. The molecular formula is C16H22F2N2O2. The van der Waals surface area contributed by atoms with Crippen molar-refractivity contribution in [2.75, 3.05) is 26.2 Å². The zero-order valence-corrected chi connectivity index (χ0v) is 12.6. The summed E-state index contributed by atoms with van der Waals surface area (Å²) in [5, 5.41) is 0. The van der Waals surface area contributed by atoms with Crippen LogP contribution >= 0.6 is 0 Å². The van der Waals surface area contributed by atoms with Gasteiger partial charge in [-0.25, -0.2) is 8.78 Å². The van der Waals surface area contributed by atoms with Gasteiger partial charge in [0, 0.05) is 44.9 Å². The average molecular weight is 312 g/mol. The molecule has 2 unspecified atom stereocenters. The van der Waals surface area contributed by atoms with Gasteiger partial charge in [0.25, 0.3) is 0 Å². The van der Waals surface area contributed by atoms with Gasteiger partial charge >= 0.3 is 0 Å². The van der Waals surface area contributed by atoms with Crippen LogP contribution in [-0.4, -0.2) is 53.7 Å². The predicted molar refractivity (Wildman–Crippen MR) is 75.2 cm³/mol. The number of fused-ring (bicyclic) bond motifs is 1. The Morgan fingerprint density at radius 1 is 1.18 bits per heavy atom. The molecule has 0 aromatic heterocycles. The van der Waals surface area contributed by atoms with E-state index in [2.05, 4.69) is 0 Å². The summed E-state index contributed by atoms with van der Waals surface area (Å²) in [5.74, 6) is -2.38. The minimum Gasteiger partial charge on any atom is -0.342 e. The monoisotopic (exact) mass is 312 g/mol. The summed E-state index contributed by atoms with van der Waals surface area (Å²) in [7, 11) is 0. The van der Waals surface area contributed by atoms with Gasteiger partial charge in [-0.05, 0) is 31.1 Å². The van der Waals surface area contributed by atoms with Crippen LogP contribution in [0.25, 0.3) is 0 Å². The van der Waals surface area contributed by atoms with E-state index in [0.29, 0.717) is 19.0 Å². The van der Waals surface area contributed by atoms with E-state index in [4.69, 9.17) is 0 Å².